The van der Waals surface area contributed by atoms with Crippen molar-refractivity contribution in [3.05, 3.63) is 29.1 Å². The van der Waals surface area contributed by atoms with Crippen LogP contribution in [0.25, 0.3) is 0 Å². The van der Waals surface area contributed by atoms with E-state index in [4.69, 9.17) is 4.74 Å². The van der Waals surface area contributed by atoms with Gasteiger partial charge in [-0.1, -0.05) is 13.8 Å². The molecule has 0 radical (unpaired) electrons. The first-order chi connectivity index (χ1) is 12.8. The first kappa shape index (κ1) is 19.0. The number of amides is 2. The topological polar surface area (TPSA) is 116 Å². The third-order valence-corrected chi connectivity index (χ3v) is 4.29. The van der Waals surface area contributed by atoms with Crippen molar-refractivity contribution in [2.24, 2.45) is 20.0 Å². The van der Waals surface area contributed by atoms with Gasteiger partial charge in [-0.25, -0.2) is 4.98 Å². The van der Waals surface area contributed by atoms with Crippen LogP contribution >= 0.6 is 0 Å². The van der Waals surface area contributed by atoms with E-state index in [1.54, 1.807) is 18.8 Å². The van der Waals surface area contributed by atoms with Gasteiger partial charge in [-0.3, -0.25) is 19.0 Å². The Labute approximate surface area is 157 Å². The highest BCUT2D eigenvalue weighted by molar-refractivity contribution is 5.94. The predicted molar refractivity (Wildman–Crippen MR) is 96.0 cm³/mol. The van der Waals surface area contributed by atoms with Gasteiger partial charge in [0, 0.05) is 39.2 Å². The number of ether oxygens (including phenoxy) is 1. The number of nitrogens with zero attached hydrogens (tertiary/aromatic N) is 5. The van der Waals surface area contributed by atoms with Gasteiger partial charge in [0.05, 0.1) is 18.4 Å². The van der Waals surface area contributed by atoms with E-state index in [1.165, 1.54) is 11.0 Å². The van der Waals surface area contributed by atoms with Crippen molar-refractivity contribution >= 4 is 11.8 Å². The maximum atomic E-state index is 12.6. The molecule has 0 aromatic carbocycles. The lowest BCUT2D eigenvalue weighted by atomic mass is 10.0. The Hall–Kier alpha value is -2.75. The lowest BCUT2D eigenvalue weighted by Gasteiger charge is -2.23. The number of carbonyl (C=O) groups is 2. The van der Waals surface area contributed by atoms with Crippen LogP contribution in [0.5, 0.6) is 0 Å². The fourth-order valence-corrected chi connectivity index (χ4v) is 2.96. The Morgan fingerprint density at radius 2 is 2.04 bits per heavy atom. The minimum absolute atomic E-state index is 0.115. The molecule has 27 heavy (non-hydrogen) atoms. The second kappa shape index (κ2) is 7.87. The van der Waals surface area contributed by atoms with Crippen molar-refractivity contribution < 1.29 is 14.3 Å². The lowest BCUT2D eigenvalue weighted by molar-refractivity contribution is 0.0264. The Morgan fingerprint density at radius 1 is 1.26 bits per heavy atom. The molecule has 146 valence electrons. The summed E-state index contributed by atoms with van der Waals surface area (Å²) in [6.45, 7) is 5.30. The average Bonchev–Trinajstić information content (AvgIpc) is 3.19. The Balaban J connectivity index is 1.64. The van der Waals surface area contributed by atoms with Gasteiger partial charge in [-0.15, -0.1) is 5.10 Å². The van der Waals surface area contributed by atoms with Crippen LogP contribution in [-0.2, 0) is 31.9 Å². The summed E-state index contributed by atoms with van der Waals surface area (Å²) in [5.41, 5.74) is 2.19. The normalized spacial score (nSPS) is 16.3. The number of nitrogens with one attached hydrogen (secondary N) is 2. The summed E-state index contributed by atoms with van der Waals surface area (Å²) < 4.78 is 8.84. The Kier molecular flexibility index (Phi) is 5.54. The second-order valence-electron chi connectivity index (χ2n) is 7.09. The van der Waals surface area contributed by atoms with E-state index in [1.807, 2.05) is 13.8 Å². The molecule has 2 aromatic rings. The van der Waals surface area contributed by atoms with E-state index in [-0.39, 0.29) is 23.7 Å². The fraction of sp³-hybridized carbons (Fsp3) is 0.588. The largest absolute Gasteiger partial charge is 0.370 e. The molecule has 2 N–H and O–H groups in total. The standard InChI is InChI=1S/C17H25N7O3/c1-10(2)6-18-16(25)14-12-5-11(27-8-13(12)21-24(14)4)7-19-17(26)15-20-9-23(3)22-15/h9-11H,5-8H2,1-4H3,(H,18,25)(H,19,26). The highest BCUT2D eigenvalue weighted by Crippen LogP contribution is 2.23. The first-order valence-electron chi connectivity index (χ1n) is 8.93. The molecule has 0 saturated heterocycles. The highest BCUT2D eigenvalue weighted by Gasteiger charge is 2.29. The van der Waals surface area contributed by atoms with Crippen LogP contribution < -0.4 is 10.6 Å². The zero-order valence-electron chi connectivity index (χ0n) is 16.0. The predicted octanol–water partition coefficient (Wildman–Crippen LogP) is -0.194. The molecular weight excluding hydrogens is 350 g/mol. The van der Waals surface area contributed by atoms with Crippen LogP contribution in [0.1, 0.15) is 46.2 Å². The van der Waals surface area contributed by atoms with Crippen LogP contribution in [0.3, 0.4) is 0 Å². The van der Waals surface area contributed by atoms with Gasteiger partial charge < -0.3 is 15.4 Å². The van der Waals surface area contributed by atoms with Crippen LogP contribution in [0.2, 0.25) is 0 Å². The summed E-state index contributed by atoms with van der Waals surface area (Å²) in [5, 5.41) is 14.1. The zero-order chi connectivity index (χ0) is 19.6. The van der Waals surface area contributed by atoms with Crippen molar-refractivity contribution in [2.45, 2.75) is 33.0 Å². The number of hydrogen-bond acceptors (Lipinski definition) is 6. The summed E-state index contributed by atoms with van der Waals surface area (Å²) in [6, 6.07) is 0. The minimum Gasteiger partial charge on any atom is -0.370 e. The molecule has 2 aromatic heterocycles. The maximum absolute atomic E-state index is 12.6. The molecule has 0 fully saturated rings. The van der Waals surface area contributed by atoms with Gasteiger partial charge in [0.2, 0.25) is 5.82 Å². The molecule has 3 heterocycles. The fourth-order valence-electron chi connectivity index (χ4n) is 2.96. The molecule has 2 amide bonds. The number of carbonyl (C=O) groups excluding carboxylic acids is 2. The van der Waals surface area contributed by atoms with E-state index >= 15 is 0 Å². The van der Waals surface area contributed by atoms with Gasteiger partial charge >= 0.3 is 0 Å². The number of aryl methyl sites for hydroxylation is 2. The first-order valence-corrected chi connectivity index (χ1v) is 8.93. The molecule has 1 aliphatic rings. The zero-order valence-corrected chi connectivity index (χ0v) is 16.0. The van der Waals surface area contributed by atoms with Crippen molar-refractivity contribution in [1.82, 2.24) is 35.2 Å². The van der Waals surface area contributed by atoms with E-state index in [0.717, 1.165) is 11.3 Å². The van der Waals surface area contributed by atoms with Gasteiger partial charge in [0.15, 0.2) is 0 Å². The summed E-state index contributed by atoms with van der Waals surface area (Å²) in [7, 11) is 3.45. The van der Waals surface area contributed by atoms with Crippen LogP contribution in [-0.4, -0.2) is 55.6 Å². The van der Waals surface area contributed by atoms with E-state index in [2.05, 4.69) is 25.8 Å². The molecule has 0 aliphatic carbocycles. The molecule has 0 saturated carbocycles. The summed E-state index contributed by atoms with van der Waals surface area (Å²) in [5.74, 6) is -0.0120. The molecule has 10 heteroatoms. The highest BCUT2D eigenvalue weighted by atomic mass is 16.5. The molecule has 1 aliphatic heterocycles. The second-order valence-corrected chi connectivity index (χ2v) is 7.09. The van der Waals surface area contributed by atoms with Crippen LogP contribution in [0.15, 0.2) is 6.33 Å². The van der Waals surface area contributed by atoms with Gasteiger partial charge in [0.1, 0.15) is 12.0 Å². The molecule has 10 nitrogen and oxygen atoms in total. The van der Waals surface area contributed by atoms with Crippen molar-refractivity contribution in [2.75, 3.05) is 13.1 Å². The van der Waals surface area contributed by atoms with Gasteiger partial charge in [-0.05, 0) is 5.92 Å². The smallest absolute Gasteiger partial charge is 0.291 e. The summed E-state index contributed by atoms with van der Waals surface area (Å²) >= 11 is 0. The Morgan fingerprint density at radius 3 is 2.70 bits per heavy atom. The molecule has 1 atom stereocenters. The number of hydrogen-bond donors (Lipinski definition) is 2. The van der Waals surface area contributed by atoms with Crippen molar-refractivity contribution in [3.8, 4) is 0 Å². The number of aromatic nitrogens is 5. The molecule has 1 unspecified atom stereocenters. The lowest BCUT2D eigenvalue weighted by Crippen LogP contribution is -2.38. The molecule has 0 spiro atoms. The average molecular weight is 375 g/mol. The van der Waals surface area contributed by atoms with Crippen LogP contribution in [0.4, 0.5) is 0 Å². The summed E-state index contributed by atoms with van der Waals surface area (Å²) in [6.07, 6.45) is 1.73. The molecular formula is C17H25N7O3. The van der Waals surface area contributed by atoms with Crippen molar-refractivity contribution in [3.63, 3.8) is 0 Å². The third-order valence-electron chi connectivity index (χ3n) is 4.29. The third kappa shape index (κ3) is 4.33. The number of rotatable bonds is 6. The monoisotopic (exact) mass is 375 g/mol. The van der Waals surface area contributed by atoms with Crippen LogP contribution in [0, 0.1) is 5.92 Å². The van der Waals surface area contributed by atoms with E-state index in [0.29, 0.717) is 37.7 Å². The molecule has 3 rings (SSSR count). The van der Waals surface area contributed by atoms with Gasteiger partial charge in [0.25, 0.3) is 11.8 Å². The minimum atomic E-state index is -0.355. The SMILES string of the molecule is CC(C)CNC(=O)c1c2c(nn1C)COC(CNC(=O)c1ncn(C)n1)C2. The molecule has 0 bridgehead atoms. The Bertz CT molecular complexity index is 840. The van der Waals surface area contributed by atoms with Gasteiger partial charge in [-0.2, -0.15) is 5.10 Å². The van der Waals surface area contributed by atoms with E-state index in [9.17, 15) is 9.59 Å². The summed E-state index contributed by atoms with van der Waals surface area (Å²) in [4.78, 5) is 28.6. The quantitative estimate of drug-likeness (QED) is 0.723. The maximum Gasteiger partial charge on any atom is 0.291 e. The van der Waals surface area contributed by atoms with E-state index < -0.39 is 0 Å². The number of fused-ring (bicyclic) bond motifs is 1. The van der Waals surface area contributed by atoms with Crippen molar-refractivity contribution in [1.29, 1.82) is 0 Å².